The molecule has 2 aromatic rings. The molecule has 0 spiro atoms. The van der Waals surface area contributed by atoms with Gasteiger partial charge in [-0.1, -0.05) is 26.0 Å². The predicted octanol–water partition coefficient (Wildman–Crippen LogP) is 4.86. The van der Waals surface area contributed by atoms with Gasteiger partial charge in [-0.2, -0.15) is 0 Å². The van der Waals surface area contributed by atoms with Crippen molar-refractivity contribution in [2.24, 2.45) is 5.92 Å². The molecule has 0 saturated carbocycles. The summed E-state index contributed by atoms with van der Waals surface area (Å²) in [5.74, 6) is -0.236. The molecule has 1 aliphatic rings. The molecule has 0 radical (unpaired) electrons. The zero-order valence-electron chi connectivity index (χ0n) is 15.7. The monoisotopic (exact) mass is 386 g/mol. The van der Waals surface area contributed by atoms with Gasteiger partial charge in [-0.05, 0) is 35.8 Å². The first-order valence-corrected chi connectivity index (χ1v) is 9.62. The molecule has 0 fully saturated rings. The fourth-order valence-corrected chi connectivity index (χ4v) is 4.59. The Kier molecular flexibility index (Phi) is 5.32. The summed E-state index contributed by atoms with van der Waals surface area (Å²) in [7, 11) is 1.37. The number of nitrogens with one attached hydrogen (secondary N) is 1. The van der Waals surface area contributed by atoms with E-state index >= 15 is 0 Å². The van der Waals surface area contributed by atoms with E-state index in [0.29, 0.717) is 11.5 Å². The molecule has 1 aromatic carbocycles. The SMILES string of the molecule is COC(=O)C1=C(C)Nc2scc(CC(C)C)c2C1c1ccc([N+](=O)[O-])cc1. The lowest BCUT2D eigenvalue weighted by atomic mass is 9.80. The van der Waals surface area contributed by atoms with Crippen LogP contribution in [0.15, 0.2) is 40.9 Å². The molecule has 27 heavy (non-hydrogen) atoms. The molecule has 0 saturated heterocycles. The van der Waals surface area contributed by atoms with Crippen LogP contribution in [-0.4, -0.2) is 18.0 Å². The largest absolute Gasteiger partial charge is 0.466 e. The zero-order chi connectivity index (χ0) is 19.7. The summed E-state index contributed by atoms with van der Waals surface area (Å²) in [6, 6.07) is 6.42. The molecule has 1 aromatic heterocycles. The summed E-state index contributed by atoms with van der Waals surface area (Å²) in [5.41, 5.74) is 4.41. The maximum atomic E-state index is 12.6. The standard InChI is InChI=1S/C20H22N2O4S/c1-11(2)9-14-10-27-19-18(14)17(16(12(3)21-19)20(23)26-4)13-5-7-15(8-6-13)22(24)25/h5-8,10-11,17,21H,9H2,1-4H3. The van der Waals surface area contributed by atoms with E-state index < -0.39 is 10.9 Å². The fourth-order valence-electron chi connectivity index (χ4n) is 3.52. The van der Waals surface area contributed by atoms with Crippen molar-refractivity contribution in [1.82, 2.24) is 0 Å². The minimum absolute atomic E-state index is 0.0287. The average molecular weight is 386 g/mol. The van der Waals surface area contributed by atoms with Crippen LogP contribution in [0.1, 0.15) is 43.4 Å². The van der Waals surface area contributed by atoms with Crippen molar-refractivity contribution >= 4 is 28.0 Å². The number of fused-ring (bicyclic) bond motifs is 1. The van der Waals surface area contributed by atoms with Gasteiger partial charge in [-0.15, -0.1) is 11.3 Å². The number of nitrogens with zero attached hydrogens (tertiary/aromatic N) is 1. The number of benzene rings is 1. The molecular formula is C20H22N2O4S. The maximum Gasteiger partial charge on any atom is 0.336 e. The number of methoxy groups -OCH3 is 1. The van der Waals surface area contributed by atoms with Gasteiger partial charge in [-0.25, -0.2) is 4.79 Å². The van der Waals surface area contributed by atoms with E-state index in [9.17, 15) is 14.9 Å². The maximum absolute atomic E-state index is 12.6. The summed E-state index contributed by atoms with van der Waals surface area (Å²) < 4.78 is 5.04. The Morgan fingerprint density at radius 3 is 2.56 bits per heavy atom. The highest BCUT2D eigenvalue weighted by Crippen LogP contribution is 2.47. The van der Waals surface area contributed by atoms with Gasteiger partial charge in [0, 0.05) is 29.3 Å². The Morgan fingerprint density at radius 1 is 1.33 bits per heavy atom. The minimum atomic E-state index is -0.422. The number of allylic oxidation sites excluding steroid dienone is 1. The summed E-state index contributed by atoms with van der Waals surface area (Å²) in [6.45, 7) is 6.17. The van der Waals surface area contributed by atoms with Crippen molar-refractivity contribution < 1.29 is 14.5 Å². The van der Waals surface area contributed by atoms with Crippen molar-refractivity contribution in [2.75, 3.05) is 12.4 Å². The molecular weight excluding hydrogens is 364 g/mol. The Bertz CT molecular complexity index is 913. The highest BCUT2D eigenvalue weighted by atomic mass is 32.1. The number of non-ortho nitro benzene ring substituents is 1. The first kappa shape index (κ1) is 19.1. The molecule has 142 valence electrons. The lowest BCUT2D eigenvalue weighted by molar-refractivity contribution is -0.384. The van der Waals surface area contributed by atoms with Crippen LogP contribution in [0.5, 0.6) is 0 Å². The van der Waals surface area contributed by atoms with E-state index in [1.807, 2.05) is 6.92 Å². The molecule has 1 N–H and O–H groups in total. The molecule has 3 rings (SSSR count). The highest BCUT2D eigenvalue weighted by molar-refractivity contribution is 7.14. The number of hydrogen-bond acceptors (Lipinski definition) is 6. The predicted molar refractivity (Wildman–Crippen MR) is 106 cm³/mol. The van der Waals surface area contributed by atoms with Gasteiger partial charge in [-0.3, -0.25) is 10.1 Å². The van der Waals surface area contributed by atoms with E-state index in [2.05, 4.69) is 24.5 Å². The van der Waals surface area contributed by atoms with Crippen LogP contribution < -0.4 is 5.32 Å². The summed E-state index contributed by atoms with van der Waals surface area (Å²) in [5, 5.41) is 17.5. The number of nitro groups is 1. The first-order chi connectivity index (χ1) is 12.8. The molecule has 0 aliphatic carbocycles. The number of ether oxygens (including phenoxy) is 1. The number of thiophene rings is 1. The zero-order valence-corrected chi connectivity index (χ0v) is 16.6. The lowest BCUT2D eigenvalue weighted by Crippen LogP contribution is -2.23. The molecule has 2 heterocycles. The second-order valence-electron chi connectivity index (χ2n) is 7.04. The topological polar surface area (TPSA) is 81.5 Å². The molecule has 7 heteroatoms. The molecule has 1 atom stereocenters. The number of anilines is 1. The lowest BCUT2D eigenvalue weighted by Gasteiger charge is -2.29. The van der Waals surface area contributed by atoms with Crippen molar-refractivity contribution in [3.05, 3.63) is 67.7 Å². The Balaban J connectivity index is 2.18. The summed E-state index contributed by atoms with van der Waals surface area (Å²) in [4.78, 5) is 23.2. The van der Waals surface area contributed by atoms with E-state index in [0.717, 1.165) is 28.2 Å². The number of hydrogen-bond donors (Lipinski definition) is 1. The Labute approximate surface area is 162 Å². The van der Waals surface area contributed by atoms with Crippen LogP contribution in [0.3, 0.4) is 0 Å². The van der Waals surface area contributed by atoms with Crippen molar-refractivity contribution in [3.63, 3.8) is 0 Å². The second-order valence-corrected chi connectivity index (χ2v) is 7.92. The van der Waals surface area contributed by atoms with Crippen molar-refractivity contribution in [3.8, 4) is 0 Å². The molecule has 6 nitrogen and oxygen atoms in total. The smallest absolute Gasteiger partial charge is 0.336 e. The van der Waals surface area contributed by atoms with E-state index in [-0.39, 0.29) is 11.6 Å². The van der Waals surface area contributed by atoms with Gasteiger partial charge in [0.1, 0.15) is 0 Å². The van der Waals surface area contributed by atoms with Crippen molar-refractivity contribution in [1.29, 1.82) is 0 Å². The van der Waals surface area contributed by atoms with Gasteiger partial charge in [0.25, 0.3) is 5.69 Å². The van der Waals surface area contributed by atoms with Gasteiger partial charge < -0.3 is 10.1 Å². The number of carbonyl (C=O) groups is 1. The van der Waals surface area contributed by atoms with E-state index in [1.165, 1.54) is 24.8 Å². The minimum Gasteiger partial charge on any atom is -0.466 e. The average Bonchev–Trinajstić information content (AvgIpc) is 3.01. The number of nitro benzene ring substituents is 1. The Morgan fingerprint density at radius 2 is 2.00 bits per heavy atom. The summed E-state index contributed by atoms with van der Waals surface area (Å²) >= 11 is 1.62. The number of carbonyl (C=O) groups excluding carboxylic acids is 1. The quantitative estimate of drug-likeness (QED) is 0.451. The van der Waals surface area contributed by atoms with Gasteiger partial charge in [0.15, 0.2) is 0 Å². The van der Waals surface area contributed by atoms with Gasteiger partial charge in [0.05, 0.1) is 22.6 Å². The first-order valence-electron chi connectivity index (χ1n) is 8.74. The number of rotatable bonds is 5. The van der Waals surface area contributed by atoms with Crippen LogP contribution in [0.25, 0.3) is 0 Å². The van der Waals surface area contributed by atoms with Crippen LogP contribution in [0.2, 0.25) is 0 Å². The fraction of sp³-hybridized carbons (Fsp3) is 0.350. The third-order valence-electron chi connectivity index (χ3n) is 4.66. The van der Waals surface area contributed by atoms with Crippen LogP contribution in [-0.2, 0) is 16.0 Å². The molecule has 0 bridgehead atoms. The molecule has 1 unspecified atom stereocenters. The van der Waals surface area contributed by atoms with Crippen LogP contribution in [0, 0.1) is 16.0 Å². The van der Waals surface area contributed by atoms with E-state index in [1.54, 1.807) is 23.5 Å². The highest BCUT2D eigenvalue weighted by Gasteiger charge is 2.35. The van der Waals surface area contributed by atoms with Crippen LogP contribution >= 0.6 is 11.3 Å². The Hall–Kier alpha value is -2.67. The van der Waals surface area contributed by atoms with Crippen molar-refractivity contribution in [2.45, 2.75) is 33.1 Å². The molecule has 0 amide bonds. The second kappa shape index (κ2) is 7.52. The number of esters is 1. The third kappa shape index (κ3) is 3.60. The van der Waals surface area contributed by atoms with E-state index in [4.69, 9.17) is 4.74 Å². The van der Waals surface area contributed by atoms with Gasteiger partial charge >= 0.3 is 5.97 Å². The normalized spacial score (nSPS) is 16.1. The van der Waals surface area contributed by atoms with Crippen LogP contribution in [0.4, 0.5) is 10.7 Å². The van der Waals surface area contributed by atoms with Gasteiger partial charge in [0.2, 0.25) is 0 Å². The molecule has 1 aliphatic heterocycles. The summed E-state index contributed by atoms with van der Waals surface area (Å²) in [6.07, 6.45) is 0.893. The third-order valence-corrected chi connectivity index (χ3v) is 5.62.